The Kier molecular flexibility index (Phi) is 4.29. The Morgan fingerprint density at radius 3 is 2.57 bits per heavy atom. The summed E-state index contributed by atoms with van der Waals surface area (Å²) in [5.74, 6) is -1.76. The number of sulfonamides is 1. The van der Waals surface area contributed by atoms with Gasteiger partial charge in [-0.25, -0.2) is 4.79 Å². The standard InChI is InChI=1S/C13H14N2O5S/c1-14-8-9-4-2-3-5-10(9)15-21(18,19)12-7-6-11(20-12)13(16)17/h2-7,14-15H,8H2,1H3,(H,16,17). The highest BCUT2D eigenvalue weighted by atomic mass is 32.2. The average Bonchev–Trinajstić information content (AvgIpc) is 2.92. The van der Waals surface area contributed by atoms with Crippen molar-refractivity contribution in [2.75, 3.05) is 11.8 Å². The molecule has 2 aromatic rings. The summed E-state index contributed by atoms with van der Waals surface area (Å²) in [4.78, 5) is 10.7. The van der Waals surface area contributed by atoms with Crippen LogP contribution < -0.4 is 10.0 Å². The van der Waals surface area contributed by atoms with Crippen LogP contribution in [0.2, 0.25) is 0 Å². The fraction of sp³-hybridized carbons (Fsp3) is 0.154. The third kappa shape index (κ3) is 3.41. The van der Waals surface area contributed by atoms with Crippen molar-refractivity contribution in [1.82, 2.24) is 5.32 Å². The number of hydrogen-bond donors (Lipinski definition) is 3. The summed E-state index contributed by atoms with van der Waals surface area (Å²) in [6.45, 7) is 0.483. The van der Waals surface area contributed by atoms with Crippen LogP contribution in [-0.2, 0) is 16.6 Å². The lowest BCUT2D eigenvalue weighted by atomic mass is 10.2. The Hall–Kier alpha value is -2.32. The Morgan fingerprint density at radius 2 is 1.95 bits per heavy atom. The monoisotopic (exact) mass is 310 g/mol. The minimum atomic E-state index is -3.97. The van der Waals surface area contributed by atoms with Gasteiger partial charge in [-0.2, -0.15) is 8.42 Å². The largest absolute Gasteiger partial charge is 0.475 e. The summed E-state index contributed by atoms with van der Waals surface area (Å²) < 4.78 is 31.6. The van der Waals surface area contributed by atoms with Crippen molar-refractivity contribution in [3.05, 3.63) is 47.7 Å². The molecule has 0 atom stereocenters. The van der Waals surface area contributed by atoms with Gasteiger partial charge in [-0.3, -0.25) is 4.72 Å². The van der Waals surface area contributed by atoms with Gasteiger partial charge in [0.15, 0.2) is 0 Å². The number of hydrogen-bond acceptors (Lipinski definition) is 5. The quantitative estimate of drug-likeness (QED) is 0.746. The lowest BCUT2D eigenvalue weighted by Crippen LogP contribution is -2.15. The third-order valence-corrected chi connectivity index (χ3v) is 3.92. The highest BCUT2D eigenvalue weighted by Gasteiger charge is 2.21. The van der Waals surface area contributed by atoms with Crippen LogP contribution in [0.3, 0.4) is 0 Å². The molecule has 21 heavy (non-hydrogen) atoms. The number of aromatic carboxylic acids is 1. The molecule has 0 aliphatic rings. The van der Waals surface area contributed by atoms with Gasteiger partial charge in [-0.1, -0.05) is 18.2 Å². The minimum absolute atomic E-state index is 0.403. The number of carboxylic acid groups (broad SMARTS) is 1. The van der Waals surface area contributed by atoms with Crippen molar-refractivity contribution in [3.63, 3.8) is 0 Å². The van der Waals surface area contributed by atoms with E-state index in [0.29, 0.717) is 12.2 Å². The first kappa shape index (κ1) is 15.1. The lowest BCUT2D eigenvalue weighted by molar-refractivity contribution is 0.0656. The summed E-state index contributed by atoms with van der Waals surface area (Å²) in [5, 5.41) is 11.2. The van der Waals surface area contributed by atoms with Gasteiger partial charge >= 0.3 is 5.97 Å². The molecule has 8 heteroatoms. The molecule has 0 fully saturated rings. The van der Waals surface area contributed by atoms with Gasteiger partial charge in [0, 0.05) is 6.54 Å². The lowest BCUT2D eigenvalue weighted by Gasteiger charge is -2.10. The molecule has 0 unspecified atom stereocenters. The summed E-state index contributed by atoms with van der Waals surface area (Å²) in [6.07, 6.45) is 0. The molecule has 0 amide bonds. The predicted molar refractivity (Wildman–Crippen MR) is 75.7 cm³/mol. The molecule has 0 aliphatic carbocycles. The van der Waals surface area contributed by atoms with Crippen LogP contribution in [0.5, 0.6) is 0 Å². The normalized spacial score (nSPS) is 11.3. The summed E-state index contributed by atoms with van der Waals surface area (Å²) in [7, 11) is -2.23. The first-order valence-corrected chi connectivity index (χ1v) is 7.51. The molecule has 7 nitrogen and oxygen atoms in total. The van der Waals surface area contributed by atoms with Crippen LogP contribution >= 0.6 is 0 Å². The molecule has 1 heterocycles. The van der Waals surface area contributed by atoms with Crippen molar-refractivity contribution < 1.29 is 22.7 Å². The number of anilines is 1. The van der Waals surface area contributed by atoms with Crippen LogP contribution in [0.15, 0.2) is 45.9 Å². The number of rotatable bonds is 6. The van der Waals surface area contributed by atoms with Crippen LogP contribution in [0.1, 0.15) is 16.1 Å². The Balaban J connectivity index is 2.30. The highest BCUT2D eigenvalue weighted by molar-refractivity contribution is 7.92. The fourth-order valence-corrected chi connectivity index (χ4v) is 2.77. The van der Waals surface area contributed by atoms with E-state index < -0.39 is 26.8 Å². The molecule has 3 N–H and O–H groups in total. The second-order valence-corrected chi connectivity index (χ2v) is 5.83. The summed E-state index contributed by atoms with van der Waals surface area (Å²) >= 11 is 0. The second-order valence-electron chi connectivity index (χ2n) is 4.22. The molecule has 0 bridgehead atoms. The van der Waals surface area contributed by atoms with E-state index in [9.17, 15) is 13.2 Å². The predicted octanol–water partition coefficient (Wildman–Crippen LogP) is 1.50. The van der Waals surface area contributed by atoms with Crippen molar-refractivity contribution in [3.8, 4) is 0 Å². The topological polar surface area (TPSA) is 109 Å². The molecular weight excluding hydrogens is 296 g/mol. The molecule has 0 saturated carbocycles. The van der Waals surface area contributed by atoms with E-state index >= 15 is 0 Å². The van der Waals surface area contributed by atoms with Crippen molar-refractivity contribution in [1.29, 1.82) is 0 Å². The molecule has 1 aromatic heterocycles. The minimum Gasteiger partial charge on any atom is -0.475 e. The number of benzene rings is 1. The molecule has 0 radical (unpaired) electrons. The number of carbonyl (C=O) groups is 1. The Morgan fingerprint density at radius 1 is 1.24 bits per heavy atom. The van der Waals surface area contributed by atoms with E-state index in [4.69, 9.17) is 9.52 Å². The van der Waals surface area contributed by atoms with Crippen LogP contribution in [0, 0.1) is 0 Å². The molecule has 0 aliphatic heterocycles. The zero-order valence-electron chi connectivity index (χ0n) is 11.2. The van der Waals surface area contributed by atoms with Crippen LogP contribution in [0.4, 0.5) is 5.69 Å². The SMILES string of the molecule is CNCc1ccccc1NS(=O)(=O)c1ccc(C(=O)O)o1. The van der Waals surface area contributed by atoms with Gasteiger partial charge < -0.3 is 14.8 Å². The van der Waals surface area contributed by atoms with Crippen molar-refractivity contribution >= 4 is 21.7 Å². The molecule has 1 aromatic carbocycles. The van der Waals surface area contributed by atoms with Crippen LogP contribution in [0.25, 0.3) is 0 Å². The fourth-order valence-electron chi connectivity index (χ4n) is 1.74. The smallest absolute Gasteiger partial charge is 0.371 e. The number of furan rings is 1. The number of para-hydroxylation sites is 1. The van der Waals surface area contributed by atoms with E-state index in [0.717, 1.165) is 17.7 Å². The Labute approximate surface area is 121 Å². The van der Waals surface area contributed by atoms with Gasteiger partial charge in [0.1, 0.15) is 0 Å². The van der Waals surface area contributed by atoms with Crippen molar-refractivity contribution in [2.24, 2.45) is 0 Å². The highest BCUT2D eigenvalue weighted by Crippen LogP contribution is 2.21. The van der Waals surface area contributed by atoms with Crippen LogP contribution in [-0.4, -0.2) is 26.5 Å². The number of nitrogens with one attached hydrogen (secondary N) is 2. The van der Waals surface area contributed by atoms with Gasteiger partial charge in [-0.15, -0.1) is 0 Å². The van der Waals surface area contributed by atoms with E-state index in [1.807, 2.05) is 0 Å². The summed E-state index contributed by atoms with van der Waals surface area (Å²) in [6, 6.07) is 9.08. The number of carboxylic acids is 1. The maximum Gasteiger partial charge on any atom is 0.371 e. The van der Waals surface area contributed by atoms with Gasteiger partial charge in [0.2, 0.25) is 10.9 Å². The summed E-state index contributed by atoms with van der Waals surface area (Å²) in [5.41, 5.74) is 1.16. The van der Waals surface area contributed by atoms with E-state index in [1.165, 1.54) is 0 Å². The van der Waals surface area contributed by atoms with E-state index in [1.54, 1.807) is 31.3 Å². The first-order chi connectivity index (χ1) is 9.94. The first-order valence-electron chi connectivity index (χ1n) is 6.02. The third-order valence-electron chi connectivity index (χ3n) is 2.69. The molecule has 0 saturated heterocycles. The molecule has 0 spiro atoms. The zero-order valence-corrected chi connectivity index (χ0v) is 12.0. The maximum absolute atomic E-state index is 12.2. The maximum atomic E-state index is 12.2. The molecular formula is C13H14N2O5S. The van der Waals surface area contributed by atoms with E-state index in [2.05, 4.69) is 10.0 Å². The molecule has 2 rings (SSSR count). The molecule has 112 valence electrons. The Bertz CT molecular complexity index is 751. The van der Waals surface area contributed by atoms with Crippen molar-refractivity contribution in [2.45, 2.75) is 11.6 Å². The average molecular weight is 310 g/mol. The second kappa shape index (κ2) is 5.98. The zero-order chi connectivity index (χ0) is 15.5. The van der Waals surface area contributed by atoms with E-state index in [-0.39, 0.29) is 0 Å². The van der Waals surface area contributed by atoms with Gasteiger partial charge in [0.25, 0.3) is 10.0 Å². The van der Waals surface area contributed by atoms with Gasteiger partial charge in [0.05, 0.1) is 5.69 Å². The van der Waals surface area contributed by atoms with Gasteiger partial charge in [-0.05, 0) is 30.8 Å².